The first-order chi connectivity index (χ1) is 7.77. The van der Waals surface area contributed by atoms with Gasteiger partial charge in [0.2, 0.25) is 5.91 Å². The van der Waals surface area contributed by atoms with Crippen molar-refractivity contribution in [2.75, 3.05) is 0 Å². The SMILES string of the molecule is O=C(NC1CCCC1)C(Cl)c1cccnc1. The molecule has 0 saturated heterocycles. The Kier molecular flexibility index (Phi) is 3.78. The lowest BCUT2D eigenvalue weighted by Crippen LogP contribution is -2.34. The van der Waals surface area contributed by atoms with E-state index in [0.29, 0.717) is 6.04 Å². The third-order valence-electron chi connectivity index (χ3n) is 2.91. The highest BCUT2D eigenvalue weighted by Crippen LogP contribution is 2.22. The summed E-state index contributed by atoms with van der Waals surface area (Å²) in [6.45, 7) is 0. The van der Waals surface area contributed by atoms with E-state index in [9.17, 15) is 4.79 Å². The molecule has 0 aromatic carbocycles. The highest BCUT2D eigenvalue weighted by atomic mass is 35.5. The molecule has 1 amide bonds. The number of hydrogen-bond acceptors (Lipinski definition) is 2. The summed E-state index contributed by atoms with van der Waals surface area (Å²) in [6.07, 6.45) is 7.84. The van der Waals surface area contributed by atoms with Gasteiger partial charge in [0.15, 0.2) is 0 Å². The summed E-state index contributed by atoms with van der Waals surface area (Å²) in [7, 11) is 0. The molecule has 1 unspecified atom stereocenters. The van der Waals surface area contributed by atoms with E-state index >= 15 is 0 Å². The molecule has 4 heteroatoms. The van der Waals surface area contributed by atoms with E-state index in [1.807, 2.05) is 6.07 Å². The maximum atomic E-state index is 11.8. The number of nitrogens with zero attached hydrogens (tertiary/aromatic N) is 1. The Hall–Kier alpha value is -1.09. The van der Waals surface area contributed by atoms with Gasteiger partial charge in [-0.15, -0.1) is 11.6 Å². The molecule has 1 aliphatic carbocycles. The number of rotatable bonds is 3. The first-order valence-corrected chi connectivity index (χ1v) is 6.05. The molecule has 0 spiro atoms. The molecule has 0 bridgehead atoms. The number of alkyl halides is 1. The maximum absolute atomic E-state index is 11.8. The van der Waals surface area contributed by atoms with Gasteiger partial charge in [-0.1, -0.05) is 18.9 Å². The third kappa shape index (κ3) is 2.73. The van der Waals surface area contributed by atoms with Gasteiger partial charge < -0.3 is 5.32 Å². The predicted molar refractivity (Wildman–Crippen MR) is 63.2 cm³/mol. The second-order valence-corrected chi connectivity index (χ2v) is 4.58. The number of aromatic nitrogens is 1. The van der Waals surface area contributed by atoms with E-state index in [1.165, 1.54) is 12.8 Å². The van der Waals surface area contributed by atoms with Crippen LogP contribution in [-0.4, -0.2) is 16.9 Å². The normalized spacial score (nSPS) is 18.3. The van der Waals surface area contributed by atoms with Crippen LogP contribution >= 0.6 is 11.6 Å². The molecule has 16 heavy (non-hydrogen) atoms. The smallest absolute Gasteiger partial charge is 0.242 e. The monoisotopic (exact) mass is 238 g/mol. The van der Waals surface area contributed by atoms with Crippen LogP contribution in [0.4, 0.5) is 0 Å². The van der Waals surface area contributed by atoms with E-state index in [1.54, 1.807) is 18.5 Å². The molecular formula is C12H15ClN2O. The Labute approximate surface area is 100 Å². The summed E-state index contributed by atoms with van der Waals surface area (Å²) in [4.78, 5) is 15.8. The average molecular weight is 239 g/mol. The predicted octanol–water partition coefficient (Wildman–Crippen LogP) is 2.42. The van der Waals surface area contributed by atoms with E-state index in [0.717, 1.165) is 18.4 Å². The van der Waals surface area contributed by atoms with Crippen molar-refractivity contribution in [3.05, 3.63) is 30.1 Å². The molecule has 1 aromatic rings. The van der Waals surface area contributed by atoms with Crippen LogP contribution in [0.15, 0.2) is 24.5 Å². The molecule has 1 aromatic heterocycles. The van der Waals surface area contributed by atoms with Crippen molar-refractivity contribution in [2.24, 2.45) is 0 Å². The topological polar surface area (TPSA) is 42.0 Å². The van der Waals surface area contributed by atoms with Crippen molar-refractivity contribution in [2.45, 2.75) is 37.1 Å². The molecule has 86 valence electrons. The largest absolute Gasteiger partial charge is 0.352 e. The van der Waals surface area contributed by atoms with Gasteiger partial charge in [0.1, 0.15) is 5.38 Å². The zero-order valence-corrected chi connectivity index (χ0v) is 9.78. The lowest BCUT2D eigenvalue weighted by Gasteiger charge is -2.15. The van der Waals surface area contributed by atoms with Gasteiger partial charge in [-0.25, -0.2) is 0 Å². The van der Waals surface area contributed by atoms with E-state index in [2.05, 4.69) is 10.3 Å². The highest BCUT2D eigenvalue weighted by Gasteiger charge is 2.22. The molecule has 1 N–H and O–H groups in total. The third-order valence-corrected chi connectivity index (χ3v) is 3.36. The zero-order chi connectivity index (χ0) is 11.4. The van der Waals surface area contributed by atoms with Gasteiger partial charge >= 0.3 is 0 Å². The summed E-state index contributed by atoms with van der Waals surface area (Å²) in [5, 5.41) is 2.35. The fourth-order valence-electron chi connectivity index (χ4n) is 2.02. The van der Waals surface area contributed by atoms with Crippen molar-refractivity contribution in [1.82, 2.24) is 10.3 Å². The Morgan fingerprint density at radius 3 is 2.88 bits per heavy atom. The minimum absolute atomic E-state index is 0.110. The van der Waals surface area contributed by atoms with Gasteiger partial charge in [-0.3, -0.25) is 9.78 Å². The minimum Gasteiger partial charge on any atom is -0.352 e. The molecule has 0 aliphatic heterocycles. The molecule has 1 saturated carbocycles. The van der Waals surface area contributed by atoms with Crippen LogP contribution in [0.1, 0.15) is 36.6 Å². The maximum Gasteiger partial charge on any atom is 0.242 e. The first kappa shape index (κ1) is 11.4. The van der Waals surface area contributed by atoms with Crippen LogP contribution in [0.25, 0.3) is 0 Å². The van der Waals surface area contributed by atoms with Crippen molar-refractivity contribution >= 4 is 17.5 Å². The Bertz CT molecular complexity index is 349. The van der Waals surface area contributed by atoms with Crippen LogP contribution in [0.3, 0.4) is 0 Å². The Morgan fingerprint density at radius 1 is 1.50 bits per heavy atom. The average Bonchev–Trinajstić information content (AvgIpc) is 2.82. The summed E-state index contributed by atoms with van der Waals surface area (Å²) < 4.78 is 0. The van der Waals surface area contributed by atoms with Crippen molar-refractivity contribution < 1.29 is 4.79 Å². The lowest BCUT2D eigenvalue weighted by molar-refractivity contribution is -0.121. The molecule has 1 heterocycles. The number of amides is 1. The number of nitrogens with one attached hydrogen (secondary N) is 1. The first-order valence-electron chi connectivity index (χ1n) is 5.62. The molecular weight excluding hydrogens is 224 g/mol. The number of carbonyl (C=O) groups is 1. The second-order valence-electron chi connectivity index (χ2n) is 4.14. The van der Waals surface area contributed by atoms with Crippen molar-refractivity contribution in [3.63, 3.8) is 0 Å². The zero-order valence-electron chi connectivity index (χ0n) is 9.03. The molecule has 2 rings (SSSR count). The van der Waals surface area contributed by atoms with Crippen LogP contribution in [0, 0.1) is 0 Å². The number of hydrogen-bond donors (Lipinski definition) is 1. The van der Waals surface area contributed by atoms with E-state index in [-0.39, 0.29) is 5.91 Å². The van der Waals surface area contributed by atoms with Gasteiger partial charge in [-0.2, -0.15) is 0 Å². The van der Waals surface area contributed by atoms with Crippen LogP contribution in [0.2, 0.25) is 0 Å². The van der Waals surface area contributed by atoms with Crippen molar-refractivity contribution in [1.29, 1.82) is 0 Å². The van der Waals surface area contributed by atoms with Crippen LogP contribution < -0.4 is 5.32 Å². The standard InChI is InChI=1S/C12H15ClN2O/c13-11(9-4-3-7-14-8-9)12(16)15-10-5-1-2-6-10/h3-4,7-8,10-11H,1-2,5-6H2,(H,15,16). The molecule has 3 nitrogen and oxygen atoms in total. The van der Waals surface area contributed by atoms with E-state index in [4.69, 9.17) is 11.6 Å². The fourth-order valence-corrected chi connectivity index (χ4v) is 2.21. The minimum atomic E-state index is -0.630. The Balaban J connectivity index is 1.94. The summed E-state index contributed by atoms with van der Waals surface area (Å²) >= 11 is 6.08. The molecule has 1 atom stereocenters. The number of carbonyl (C=O) groups excluding carboxylic acids is 1. The summed E-state index contributed by atoms with van der Waals surface area (Å²) in [6, 6.07) is 3.91. The number of halogens is 1. The molecule has 0 radical (unpaired) electrons. The van der Waals surface area contributed by atoms with Crippen LogP contribution in [-0.2, 0) is 4.79 Å². The van der Waals surface area contributed by atoms with Gasteiger partial charge in [0.05, 0.1) is 0 Å². The second kappa shape index (κ2) is 5.30. The van der Waals surface area contributed by atoms with Crippen molar-refractivity contribution in [3.8, 4) is 0 Å². The number of pyridine rings is 1. The quantitative estimate of drug-likeness (QED) is 0.822. The van der Waals surface area contributed by atoms with E-state index < -0.39 is 5.38 Å². The molecule has 1 aliphatic rings. The summed E-state index contributed by atoms with van der Waals surface area (Å²) in [5.74, 6) is -0.110. The molecule has 1 fully saturated rings. The summed E-state index contributed by atoms with van der Waals surface area (Å²) in [5.41, 5.74) is 0.750. The Morgan fingerprint density at radius 2 is 2.25 bits per heavy atom. The lowest BCUT2D eigenvalue weighted by atomic mass is 10.2. The highest BCUT2D eigenvalue weighted by molar-refractivity contribution is 6.30. The fraction of sp³-hybridized carbons (Fsp3) is 0.500. The van der Waals surface area contributed by atoms with Gasteiger partial charge in [0, 0.05) is 18.4 Å². The van der Waals surface area contributed by atoms with Crippen LogP contribution in [0.5, 0.6) is 0 Å². The van der Waals surface area contributed by atoms with Gasteiger partial charge in [-0.05, 0) is 24.5 Å². The van der Waals surface area contributed by atoms with Gasteiger partial charge in [0.25, 0.3) is 0 Å².